The molecule has 0 saturated heterocycles. The third-order valence-electron chi connectivity index (χ3n) is 4.57. The van der Waals surface area contributed by atoms with E-state index in [2.05, 4.69) is 10.6 Å². The van der Waals surface area contributed by atoms with Gasteiger partial charge in [-0.2, -0.15) is 0 Å². The van der Waals surface area contributed by atoms with Gasteiger partial charge in [-0.05, 0) is 42.2 Å². The summed E-state index contributed by atoms with van der Waals surface area (Å²) in [7, 11) is 0. The molecule has 2 amide bonds. The zero-order chi connectivity index (χ0) is 20.6. The van der Waals surface area contributed by atoms with E-state index in [9.17, 15) is 9.59 Å². The highest BCUT2D eigenvalue weighted by Gasteiger charge is 2.14. The SMILES string of the molecule is CC(C)CNC(=O)c1ccccc1NC(=O)CCc1ccc2c(c1)OCCCO2. The number of aryl methyl sites for hydroxylation is 1. The number of nitrogens with one attached hydrogen (secondary N) is 2. The number of hydrogen-bond donors (Lipinski definition) is 2. The van der Waals surface area contributed by atoms with Gasteiger partial charge >= 0.3 is 0 Å². The summed E-state index contributed by atoms with van der Waals surface area (Å²) in [5, 5.41) is 5.75. The lowest BCUT2D eigenvalue weighted by Gasteiger charge is -2.13. The van der Waals surface area contributed by atoms with Gasteiger partial charge in [0.1, 0.15) is 0 Å². The lowest BCUT2D eigenvalue weighted by atomic mass is 10.1. The number of anilines is 1. The number of para-hydroxylation sites is 1. The highest BCUT2D eigenvalue weighted by atomic mass is 16.5. The minimum atomic E-state index is -0.183. The molecule has 0 fully saturated rings. The summed E-state index contributed by atoms with van der Waals surface area (Å²) in [6.45, 7) is 5.94. The molecule has 2 aromatic carbocycles. The van der Waals surface area contributed by atoms with Crippen LogP contribution in [-0.4, -0.2) is 31.6 Å². The van der Waals surface area contributed by atoms with Gasteiger partial charge in [0.15, 0.2) is 11.5 Å². The standard InChI is InChI=1S/C23H28N2O4/c1-16(2)15-24-23(27)18-6-3-4-7-19(18)25-22(26)11-9-17-8-10-20-21(14-17)29-13-5-12-28-20/h3-4,6-8,10,14,16H,5,9,11-13,15H2,1-2H3,(H,24,27)(H,25,26). The normalized spacial score (nSPS) is 12.9. The maximum atomic E-state index is 12.5. The predicted octanol–water partition coefficient (Wildman–Crippen LogP) is 3.81. The second-order valence-corrected chi connectivity index (χ2v) is 7.53. The first-order chi connectivity index (χ1) is 14.0. The van der Waals surface area contributed by atoms with Crippen LogP contribution in [0.15, 0.2) is 42.5 Å². The van der Waals surface area contributed by atoms with Crippen LogP contribution in [-0.2, 0) is 11.2 Å². The monoisotopic (exact) mass is 396 g/mol. The molecule has 0 aliphatic carbocycles. The van der Waals surface area contributed by atoms with Gasteiger partial charge in [-0.3, -0.25) is 9.59 Å². The second-order valence-electron chi connectivity index (χ2n) is 7.53. The summed E-state index contributed by atoms with van der Waals surface area (Å²) in [4.78, 5) is 24.9. The Labute approximate surface area is 171 Å². The van der Waals surface area contributed by atoms with Crippen LogP contribution in [0.1, 0.15) is 42.6 Å². The summed E-state index contributed by atoms with van der Waals surface area (Å²) in [5.41, 5.74) is 2.00. The molecular weight excluding hydrogens is 368 g/mol. The van der Waals surface area contributed by atoms with Gasteiger partial charge < -0.3 is 20.1 Å². The fourth-order valence-electron chi connectivity index (χ4n) is 3.02. The molecular formula is C23H28N2O4. The van der Waals surface area contributed by atoms with Crippen LogP contribution in [0, 0.1) is 5.92 Å². The Balaban J connectivity index is 1.59. The molecule has 0 unspecified atom stereocenters. The number of fused-ring (bicyclic) bond motifs is 1. The van der Waals surface area contributed by atoms with Crippen molar-refractivity contribution in [2.24, 2.45) is 5.92 Å². The number of carbonyl (C=O) groups excluding carboxylic acids is 2. The van der Waals surface area contributed by atoms with Crippen LogP contribution in [0.25, 0.3) is 0 Å². The molecule has 2 N–H and O–H groups in total. The van der Waals surface area contributed by atoms with E-state index in [-0.39, 0.29) is 11.8 Å². The van der Waals surface area contributed by atoms with E-state index in [1.165, 1.54) is 0 Å². The van der Waals surface area contributed by atoms with Crippen molar-refractivity contribution in [3.05, 3.63) is 53.6 Å². The van der Waals surface area contributed by atoms with Crippen LogP contribution in [0.3, 0.4) is 0 Å². The molecule has 6 nitrogen and oxygen atoms in total. The number of carbonyl (C=O) groups is 2. The van der Waals surface area contributed by atoms with Gasteiger partial charge in [0.25, 0.3) is 5.91 Å². The van der Waals surface area contributed by atoms with Crippen molar-refractivity contribution in [2.45, 2.75) is 33.1 Å². The van der Waals surface area contributed by atoms with Crippen LogP contribution in [0.2, 0.25) is 0 Å². The van der Waals surface area contributed by atoms with Crippen LogP contribution >= 0.6 is 0 Å². The van der Waals surface area contributed by atoms with Crippen molar-refractivity contribution in [1.29, 1.82) is 0 Å². The largest absolute Gasteiger partial charge is 0.490 e. The lowest BCUT2D eigenvalue weighted by molar-refractivity contribution is -0.116. The van der Waals surface area contributed by atoms with Gasteiger partial charge in [-0.25, -0.2) is 0 Å². The first kappa shape index (κ1) is 20.7. The smallest absolute Gasteiger partial charge is 0.253 e. The van der Waals surface area contributed by atoms with Crippen molar-refractivity contribution in [3.8, 4) is 11.5 Å². The maximum Gasteiger partial charge on any atom is 0.253 e. The van der Waals surface area contributed by atoms with Crippen molar-refractivity contribution < 1.29 is 19.1 Å². The fraction of sp³-hybridized carbons (Fsp3) is 0.391. The Morgan fingerprint density at radius 3 is 2.59 bits per heavy atom. The highest BCUT2D eigenvalue weighted by molar-refractivity contribution is 6.03. The molecule has 29 heavy (non-hydrogen) atoms. The average Bonchev–Trinajstić information content (AvgIpc) is 2.96. The van der Waals surface area contributed by atoms with Crippen molar-refractivity contribution in [3.63, 3.8) is 0 Å². The Bertz CT molecular complexity index is 864. The average molecular weight is 396 g/mol. The summed E-state index contributed by atoms with van der Waals surface area (Å²) >= 11 is 0. The molecule has 154 valence electrons. The number of hydrogen-bond acceptors (Lipinski definition) is 4. The van der Waals surface area contributed by atoms with Gasteiger partial charge in [0.05, 0.1) is 24.5 Å². The molecule has 0 radical (unpaired) electrons. The predicted molar refractivity (Wildman–Crippen MR) is 113 cm³/mol. The summed E-state index contributed by atoms with van der Waals surface area (Å²) < 4.78 is 11.3. The summed E-state index contributed by atoms with van der Waals surface area (Å²) in [6.07, 6.45) is 1.74. The zero-order valence-corrected chi connectivity index (χ0v) is 17.0. The van der Waals surface area contributed by atoms with Gasteiger partial charge in [0, 0.05) is 19.4 Å². The van der Waals surface area contributed by atoms with Gasteiger partial charge in [-0.1, -0.05) is 32.0 Å². The molecule has 0 bridgehead atoms. The quantitative estimate of drug-likeness (QED) is 0.746. The van der Waals surface area contributed by atoms with Crippen LogP contribution < -0.4 is 20.1 Å². The third-order valence-corrected chi connectivity index (χ3v) is 4.57. The first-order valence-electron chi connectivity index (χ1n) is 10.1. The van der Waals surface area contributed by atoms with E-state index < -0.39 is 0 Å². The molecule has 2 aromatic rings. The van der Waals surface area contributed by atoms with Gasteiger partial charge in [0.2, 0.25) is 5.91 Å². The topological polar surface area (TPSA) is 76.7 Å². The fourth-order valence-corrected chi connectivity index (χ4v) is 3.02. The Morgan fingerprint density at radius 1 is 1.03 bits per heavy atom. The number of benzene rings is 2. The molecule has 3 rings (SSSR count). The molecule has 0 spiro atoms. The number of ether oxygens (including phenoxy) is 2. The summed E-state index contributed by atoms with van der Waals surface area (Å²) in [6, 6.07) is 12.8. The molecule has 6 heteroatoms. The molecule has 1 heterocycles. The first-order valence-corrected chi connectivity index (χ1v) is 10.1. The lowest BCUT2D eigenvalue weighted by Crippen LogP contribution is -2.28. The van der Waals surface area contributed by atoms with Crippen molar-refractivity contribution in [2.75, 3.05) is 25.1 Å². The molecule has 0 atom stereocenters. The van der Waals surface area contributed by atoms with E-state index in [0.29, 0.717) is 49.8 Å². The summed E-state index contributed by atoms with van der Waals surface area (Å²) in [5.74, 6) is 1.51. The molecule has 1 aliphatic heterocycles. The minimum absolute atomic E-state index is 0.138. The van der Waals surface area contributed by atoms with Crippen LogP contribution in [0.5, 0.6) is 11.5 Å². The molecule has 0 saturated carbocycles. The highest BCUT2D eigenvalue weighted by Crippen LogP contribution is 2.30. The Hall–Kier alpha value is -3.02. The van der Waals surface area contributed by atoms with E-state index in [0.717, 1.165) is 23.5 Å². The number of amides is 2. The molecule has 1 aliphatic rings. The minimum Gasteiger partial charge on any atom is -0.490 e. The Kier molecular flexibility index (Phi) is 7.11. The van der Waals surface area contributed by atoms with E-state index >= 15 is 0 Å². The Morgan fingerprint density at radius 2 is 1.79 bits per heavy atom. The van der Waals surface area contributed by atoms with E-state index in [4.69, 9.17) is 9.47 Å². The van der Waals surface area contributed by atoms with Crippen molar-refractivity contribution in [1.82, 2.24) is 5.32 Å². The second kappa shape index (κ2) is 9.96. The number of rotatable bonds is 7. The van der Waals surface area contributed by atoms with E-state index in [1.54, 1.807) is 24.3 Å². The molecule has 0 aromatic heterocycles. The van der Waals surface area contributed by atoms with E-state index in [1.807, 2.05) is 32.0 Å². The zero-order valence-electron chi connectivity index (χ0n) is 17.0. The maximum absolute atomic E-state index is 12.5. The third kappa shape index (κ3) is 5.98. The van der Waals surface area contributed by atoms with Crippen molar-refractivity contribution >= 4 is 17.5 Å². The van der Waals surface area contributed by atoms with Gasteiger partial charge in [-0.15, -0.1) is 0 Å². The van der Waals surface area contributed by atoms with Crippen LogP contribution in [0.4, 0.5) is 5.69 Å².